The van der Waals surface area contributed by atoms with E-state index in [9.17, 15) is 0 Å². The molecular weight excluding hydrogens is 184 g/mol. The van der Waals surface area contributed by atoms with E-state index in [1.807, 2.05) is 6.08 Å². The lowest BCUT2D eigenvalue weighted by Crippen LogP contribution is -2.33. The molecule has 0 spiro atoms. The second-order valence-corrected chi connectivity index (χ2v) is 5.35. The van der Waals surface area contributed by atoms with Crippen LogP contribution < -0.4 is 5.32 Å². The van der Waals surface area contributed by atoms with Crippen LogP contribution in [0.4, 0.5) is 0 Å². The van der Waals surface area contributed by atoms with Crippen LogP contribution >= 0.6 is 0 Å². The van der Waals surface area contributed by atoms with Gasteiger partial charge in [-0.1, -0.05) is 19.9 Å². The first-order valence-corrected chi connectivity index (χ1v) is 6.18. The first kappa shape index (κ1) is 12.7. The maximum atomic E-state index is 3.70. The average Bonchev–Trinajstić information content (AvgIpc) is 2.35. The van der Waals surface area contributed by atoms with E-state index in [1.54, 1.807) is 0 Å². The van der Waals surface area contributed by atoms with Gasteiger partial charge in [0.2, 0.25) is 0 Å². The van der Waals surface area contributed by atoms with Gasteiger partial charge in [-0.25, -0.2) is 0 Å². The van der Waals surface area contributed by atoms with Gasteiger partial charge in [-0.15, -0.1) is 6.58 Å². The summed E-state index contributed by atoms with van der Waals surface area (Å²) in [5, 5.41) is 3.36. The molecule has 0 bridgehead atoms. The highest BCUT2D eigenvalue weighted by molar-refractivity contribution is 4.77. The molecule has 0 aliphatic carbocycles. The Morgan fingerprint density at radius 1 is 1.33 bits per heavy atom. The minimum Gasteiger partial charge on any atom is -0.312 e. The smallest absolute Gasteiger partial charge is 0.0132 e. The van der Waals surface area contributed by atoms with Crippen molar-refractivity contribution in [1.29, 1.82) is 0 Å². The average molecular weight is 210 g/mol. The molecule has 88 valence electrons. The Balaban J connectivity index is 2.17. The lowest BCUT2D eigenvalue weighted by Gasteiger charge is -2.23. The molecule has 0 unspecified atom stereocenters. The summed E-state index contributed by atoms with van der Waals surface area (Å²) in [6.07, 6.45) is 6.00. The Bertz CT molecular complexity index is 187. The van der Waals surface area contributed by atoms with E-state index in [1.165, 1.54) is 38.9 Å². The van der Waals surface area contributed by atoms with E-state index < -0.39 is 0 Å². The van der Waals surface area contributed by atoms with Gasteiger partial charge in [0.1, 0.15) is 0 Å². The molecule has 1 heterocycles. The third kappa shape index (κ3) is 5.33. The Morgan fingerprint density at radius 2 is 2.13 bits per heavy atom. The predicted molar refractivity (Wildman–Crippen MR) is 67.1 cm³/mol. The highest BCUT2D eigenvalue weighted by Gasteiger charge is 2.22. The summed E-state index contributed by atoms with van der Waals surface area (Å²) in [4.78, 5) is 2.59. The van der Waals surface area contributed by atoms with Gasteiger partial charge in [0.15, 0.2) is 0 Å². The molecule has 1 rings (SSSR count). The number of nitrogens with zero attached hydrogens (tertiary/aromatic N) is 1. The minimum atomic E-state index is 0.559. The van der Waals surface area contributed by atoms with Crippen LogP contribution in [-0.4, -0.2) is 37.6 Å². The summed E-state index contributed by atoms with van der Waals surface area (Å²) in [7, 11) is 0. The fourth-order valence-corrected chi connectivity index (χ4v) is 2.14. The van der Waals surface area contributed by atoms with Crippen molar-refractivity contribution in [3.63, 3.8) is 0 Å². The van der Waals surface area contributed by atoms with Crippen LogP contribution in [0.2, 0.25) is 0 Å². The fraction of sp³-hybridized carbons (Fsp3) is 0.846. The third-order valence-electron chi connectivity index (χ3n) is 3.33. The summed E-state index contributed by atoms with van der Waals surface area (Å²) in [6.45, 7) is 14.2. The molecule has 0 aromatic heterocycles. The Morgan fingerprint density at radius 3 is 2.87 bits per heavy atom. The van der Waals surface area contributed by atoms with Crippen LogP contribution in [0.25, 0.3) is 0 Å². The predicted octanol–water partition coefficient (Wildman–Crippen LogP) is 2.27. The van der Waals surface area contributed by atoms with Crippen LogP contribution in [0.15, 0.2) is 12.7 Å². The zero-order valence-corrected chi connectivity index (χ0v) is 10.4. The van der Waals surface area contributed by atoms with Crippen LogP contribution in [0.5, 0.6) is 0 Å². The van der Waals surface area contributed by atoms with Gasteiger partial charge in [0, 0.05) is 19.6 Å². The van der Waals surface area contributed by atoms with Crippen molar-refractivity contribution in [2.24, 2.45) is 5.41 Å². The monoisotopic (exact) mass is 210 g/mol. The first-order valence-electron chi connectivity index (χ1n) is 6.18. The second-order valence-electron chi connectivity index (χ2n) is 5.35. The largest absolute Gasteiger partial charge is 0.312 e. The molecule has 1 N–H and O–H groups in total. The first-order chi connectivity index (χ1) is 7.14. The van der Waals surface area contributed by atoms with Crippen molar-refractivity contribution in [1.82, 2.24) is 10.2 Å². The molecule has 0 aromatic rings. The standard InChI is InChI=1S/C13H26N2/c1-4-8-14-9-12-15-10-5-6-13(2,3)7-11-15/h4,14H,1,5-12H2,2-3H3. The molecule has 2 nitrogen and oxygen atoms in total. The fourth-order valence-electron chi connectivity index (χ4n) is 2.14. The van der Waals surface area contributed by atoms with Crippen molar-refractivity contribution in [3.8, 4) is 0 Å². The second kappa shape index (κ2) is 6.29. The van der Waals surface area contributed by atoms with Gasteiger partial charge in [0.25, 0.3) is 0 Å². The Kier molecular flexibility index (Phi) is 5.34. The maximum Gasteiger partial charge on any atom is 0.0132 e. The van der Waals surface area contributed by atoms with Crippen LogP contribution in [0, 0.1) is 5.41 Å². The van der Waals surface area contributed by atoms with Gasteiger partial charge in [-0.2, -0.15) is 0 Å². The summed E-state index contributed by atoms with van der Waals surface area (Å²) in [6, 6.07) is 0. The maximum absolute atomic E-state index is 3.70. The van der Waals surface area contributed by atoms with Crippen LogP contribution in [0.1, 0.15) is 33.1 Å². The topological polar surface area (TPSA) is 15.3 Å². The molecule has 1 fully saturated rings. The molecule has 0 saturated carbocycles. The number of likely N-dealkylation sites (tertiary alicyclic amines) is 1. The number of rotatable bonds is 5. The molecule has 1 saturated heterocycles. The van der Waals surface area contributed by atoms with Gasteiger partial charge < -0.3 is 10.2 Å². The summed E-state index contributed by atoms with van der Waals surface area (Å²) >= 11 is 0. The number of hydrogen-bond donors (Lipinski definition) is 1. The molecule has 0 amide bonds. The van der Waals surface area contributed by atoms with E-state index in [2.05, 4.69) is 30.6 Å². The molecule has 0 radical (unpaired) electrons. The van der Waals surface area contributed by atoms with Crippen LogP contribution in [-0.2, 0) is 0 Å². The molecular formula is C13H26N2. The van der Waals surface area contributed by atoms with E-state index in [4.69, 9.17) is 0 Å². The van der Waals surface area contributed by atoms with Crippen LogP contribution in [0.3, 0.4) is 0 Å². The van der Waals surface area contributed by atoms with Gasteiger partial charge >= 0.3 is 0 Å². The molecule has 2 heteroatoms. The van der Waals surface area contributed by atoms with Gasteiger partial charge in [-0.05, 0) is 37.8 Å². The normalized spacial score (nSPS) is 22.3. The number of hydrogen-bond acceptors (Lipinski definition) is 2. The zero-order valence-electron chi connectivity index (χ0n) is 10.4. The van der Waals surface area contributed by atoms with Crippen molar-refractivity contribution >= 4 is 0 Å². The number of nitrogens with one attached hydrogen (secondary N) is 1. The highest BCUT2D eigenvalue weighted by Crippen LogP contribution is 2.29. The molecule has 1 aliphatic rings. The van der Waals surface area contributed by atoms with Gasteiger partial charge in [-0.3, -0.25) is 0 Å². The van der Waals surface area contributed by atoms with E-state index in [0.29, 0.717) is 5.41 Å². The van der Waals surface area contributed by atoms with E-state index in [0.717, 1.165) is 13.1 Å². The lowest BCUT2D eigenvalue weighted by atomic mass is 9.85. The summed E-state index contributed by atoms with van der Waals surface area (Å²) in [5.41, 5.74) is 0.559. The molecule has 15 heavy (non-hydrogen) atoms. The van der Waals surface area contributed by atoms with Crippen molar-refractivity contribution in [2.45, 2.75) is 33.1 Å². The highest BCUT2D eigenvalue weighted by atomic mass is 15.1. The Labute approximate surface area is 94.7 Å². The molecule has 0 aromatic carbocycles. The third-order valence-corrected chi connectivity index (χ3v) is 3.33. The molecule has 0 atom stereocenters. The zero-order chi connectivity index (χ0) is 11.1. The van der Waals surface area contributed by atoms with E-state index >= 15 is 0 Å². The van der Waals surface area contributed by atoms with Crippen molar-refractivity contribution in [3.05, 3.63) is 12.7 Å². The van der Waals surface area contributed by atoms with Crippen molar-refractivity contribution in [2.75, 3.05) is 32.7 Å². The summed E-state index contributed by atoms with van der Waals surface area (Å²) in [5.74, 6) is 0. The minimum absolute atomic E-state index is 0.559. The Hall–Kier alpha value is -0.340. The van der Waals surface area contributed by atoms with Crippen molar-refractivity contribution < 1.29 is 0 Å². The quantitative estimate of drug-likeness (QED) is 0.553. The van der Waals surface area contributed by atoms with Gasteiger partial charge in [0.05, 0.1) is 0 Å². The SMILES string of the molecule is C=CCNCCN1CCCC(C)(C)CC1. The molecule has 1 aliphatic heterocycles. The lowest BCUT2D eigenvalue weighted by molar-refractivity contribution is 0.263. The summed E-state index contributed by atoms with van der Waals surface area (Å²) < 4.78 is 0. The van der Waals surface area contributed by atoms with E-state index in [-0.39, 0.29) is 0 Å².